The molecule has 0 atom stereocenters. The highest BCUT2D eigenvalue weighted by Crippen LogP contribution is 2.53. The second-order valence-corrected chi connectivity index (χ2v) is 18.2. The van der Waals surface area contributed by atoms with Gasteiger partial charge in [-0.3, -0.25) is 0 Å². The molecule has 0 fully saturated rings. The Morgan fingerprint density at radius 2 is 0.918 bits per heavy atom. The minimum Gasteiger partial charge on any atom is -0.312 e. The molecule has 0 N–H and O–H groups in total. The average molecular weight is 641 g/mol. The lowest BCUT2D eigenvalue weighted by atomic mass is 9.33. The fourth-order valence-electron chi connectivity index (χ4n) is 9.98. The second-order valence-electron chi connectivity index (χ2n) is 14.4. The maximum Gasteiger partial charge on any atom is 0.252 e. The molecular formula is C45H33BN2Si. The first kappa shape index (κ1) is 27.4. The zero-order chi connectivity index (χ0) is 32.5. The molecule has 0 saturated carbocycles. The van der Waals surface area contributed by atoms with Gasteiger partial charge in [-0.05, 0) is 72.5 Å². The van der Waals surface area contributed by atoms with Crippen molar-refractivity contribution < 1.29 is 0 Å². The molecule has 4 aliphatic rings. The lowest BCUT2D eigenvalue weighted by molar-refractivity contribution is 0.632. The molecule has 0 aromatic heterocycles. The molecule has 0 unspecified atom stereocenters. The second kappa shape index (κ2) is 9.52. The fraction of sp³-hybridized carbons (Fsp3) is 0.0667. The van der Waals surface area contributed by atoms with Gasteiger partial charge in [-0.1, -0.05) is 153 Å². The number of rotatable bonds is 2. The monoisotopic (exact) mass is 640 g/mol. The van der Waals surface area contributed by atoms with E-state index < -0.39 is 8.07 Å². The molecule has 7 aromatic rings. The van der Waals surface area contributed by atoms with Gasteiger partial charge < -0.3 is 9.80 Å². The van der Waals surface area contributed by atoms with Crippen LogP contribution in [0.5, 0.6) is 0 Å². The Kier molecular flexibility index (Phi) is 5.32. The number of anilines is 6. The summed E-state index contributed by atoms with van der Waals surface area (Å²) < 4.78 is 0. The van der Waals surface area contributed by atoms with E-state index in [0.29, 0.717) is 0 Å². The van der Waals surface area contributed by atoms with Crippen LogP contribution in [0.3, 0.4) is 0 Å². The summed E-state index contributed by atoms with van der Waals surface area (Å²) in [6.45, 7) is 4.91. The molecule has 4 heterocycles. The molecule has 0 amide bonds. The van der Waals surface area contributed by atoms with Crippen molar-refractivity contribution in [2.45, 2.75) is 19.3 Å². The number of benzene rings is 7. The average Bonchev–Trinajstić information content (AvgIpc) is 3.16. The Hall–Kier alpha value is -5.58. The maximum atomic E-state index is 2.63. The van der Waals surface area contributed by atoms with E-state index in [-0.39, 0.29) is 12.1 Å². The third-order valence-corrected chi connectivity index (χ3v) is 16.7. The Bertz CT molecular complexity index is 2470. The number of fused-ring (bicyclic) bond motifs is 8. The van der Waals surface area contributed by atoms with Crippen LogP contribution < -0.4 is 46.9 Å². The molecule has 7 aromatic carbocycles. The topological polar surface area (TPSA) is 6.48 Å². The zero-order valence-corrected chi connectivity index (χ0v) is 28.6. The third kappa shape index (κ3) is 3.23. The molecule has 230 valence electrons. The Labute approximate surface area is 289 Å². The number of hydrogen-bond donors (Lipinski definition) is 0. The van der Waals surface area contributed by atoms with Gasteiger partial charge >= 0.3 is 0 Å². The molecular weight excluding hydrogens is 607 g/mol. The van der Waals surface area contributed by atoms with Gasteiger partial charge in [0, 0.05) is 33.9 Å². The predicted molar refractivity (Wildman–Crippen MR) is 210 cm³/mol. The first-order valence-corrected chi connectivity index (χ1v) is 19.4. The van der Waals surface area contributed by atoms with Crippen molar-refractivity contribution >= 4 is 86.0 Å². The summed E-state index contributed by atoms with van der Waals surface area (Å²) in [5.74, 6) is 0. The van der Waals surface area contributed by atoms with Crippen molar-refractivity contribution in [2.24, 2.45) is 0 Å². The summed E-state index contributed by atoms with van der Waals surface area (Å²) in [4.78, 5) is 5.21. The molecule has 49 heavy (non-hydrogen) atoms. The van der Waals surface area contributed by atoms with E-state index in [1.54, 1.807) is 0 Å². The molecule has 0 bridgehead atoms. The first-order chi connectivity index (χ1) is 24.1. The van der Waals surface area contributed by atoms with E-state index in [9.17, 15) is 0 Å². The SMILES string of the molecule is CC1(C)c2ccccc2N2c3cccc4c3B(c3cccc1c32)c1cccc2c1N4c1ccccc1[Si]2(c1ccccc1)c1ccccc1. The van der Waals surface area contributed by atoms with E-state index in [1.807, 2.05) is 0 Å². The number of para-hydroxylation sites is 4. The first-order valence-electron chi connectivity index (χ1n) is 17.4. The molecule has 0 saturated heterocycles. The Morgan fingerprint density at radius 3 is 1.63 bits per heavy atom. The minimum atomic E-state index is -2.73. The normalized spacial score (nSPS) is 16.2. The van der Waals surface area contributed by atoms with Gasteiger partial charge in [0.2, 0.25) is 0 Å². The Morgan fingerprint density at radius 1 is 0.429 bits per heavy atom. The molecule has 11 rings (SSSR count). The van der Waals surface area contributed by atoms with Gasteiger partial charge in [0.25, 0.3) is 6.71 Å². The van der Waals surface area contributed by atoms with Crippen LogP contribution >= 0.6 is 0 Å². The van der Waals surface area contributed by atoms with Crippen LogP contribution in [0, 0.1) is 0 Å². The largest absolute Gasteiger partial charge is 0.312 e. The van der Waals surface area contributed by atoms with Gasteiger partial charge in [0.1, 0.15) is 0 Å². The van der Waals surface area contributed by atoms with Crippen molar-refractivity contribution in [1.82, 2.24) is 0 Å². The third-order valence-electron chi connectivity index (χ3n) is 11.9. The molecule has 2 nitrogen and oxygen atoms in total. The van der Waals surface area contributed by atoms with E-state index in [0.717, 1.165) is 0 Å². The van der Waals surface area contributed by atoms with E-state index in [2.05, 4.69) is 187 Å². The predicted octanol–water partition coefficient (Wildman–Crippen LogP) is 6.10. The highest BCUT2D eigenvalue weighted by Gasteiger charge is 2.54. The quantitative estimate of drug-likeness (QED) is 0.211. The lowest BCUT2D eigenvalue weighted by Gasteiger charge is -2.52. The summed E-state index contributed by atoms with van der Waals surface area (Å²) in [7, 11) is -2.73. The zero-order valence-electron chi connectivity index (χ0n) is 27.6. The van der Waals surface area contributed by atoms with Crippen LogP contribution in [0.15, 0.2) is 164 Å². The van der Waals surface area contributed by atoms with E-state index >= 15 is 0 Å². The highest BCUT2D eigenvalue weighted by molar-refractivity contribution is 7.22. The van der Waals surface area contributed by atoms with E-state index in [1.165, 1.54) is 82.4 Å². The van der Waals surface area contributed by atoms with Gasteiger partial charge in [0.05, 0.1) is 5.69 Å². The smallest absolute Gasteiger partial charge is 0.252 e. The fourth-order valence-corrected chi connectivity index (χ4v) is 15.1. The summed E-state index contributed by atoms with van der Waals surface area (Å²) >= 11 is 0. The van der Waals surface area contributed by atoms with Crippen LogP contribution in [-0.2, 0) is 5.41 Å². The highest BCUT2D eigenvalue weighted by atomic mass is 28.3. The summed E-state index contributed by atoms with van der Waals surface area (Å²) in [5.41, 5.74) is 14.8. The van der Waals surface area contributed by atoms with Crippen molar-refractivity contribution in [3.63, 3.8) is 0 Å². The molecule has 4 heteroatoms. The Balaban J connectivity index is 1.30. The molecule has 0 aliphatic carbocycles. The van der Waals surface area contributed by atoms with Crippen LogP contribution in [0.4, 0.5) is 34.1 Å². The van der Waals surface area contributed by atoms with Gasteiger partial charge in [0.15, 0.2) is 8.07 Å². The number of hydrogen-bond acceptors (Lipinski definition) is 2. The van der Waals surface area contributed by atoms with Crippen molar-refractivity contribution in [2.75, 3.05) is 9.80 Å². The number of nitrogens with zero attached hydrogens (tertiary/aromatic N) is 2. The van der Waals surface area contributed by atoms with Gasteiger partial charge in [-0.25, -0.2) is 0 Å². The van der Waals surface area contributed by atoms with Crippen LogP contribution in [0.1, 0.15) is 25.0 Å². The molecule has 0 radical (unpaired) electrons. The lowest BCUT2D eigenvalue weighted by Crippen LogP contribution is -2.79. The van der Waals surface area contributed by atoms with Crippen LogP contribution in [0.2, 0.25) is 0 Å². The summed E-state index contributed by atoms with van der Waals surface area (Å²) in [6, 6.07) is 62.4. The van der Waals surface area contributed by atoms with Gasteiger partial charge in [-0.2, -0.15) is 0 Å². The van der Waals surface area contributed by atoms with Crippen LogP contribution in [-0.4, -0.2) is 14.8 Å². The maximum absolute atomic E-state index is 2.73. The van der Waals surface area contributed by atoms with Gasteiger partial charge in [-0.15, -0.1) is 0 Å². The van der Waals surface area contributed by atoms with Crippen molar-refractivity contribution in [1.29, 1.82) is 0 Å². The van der Waals surface area contributed by atoms with Crippen molar-refractivity contribution in [3.05, 3.63) is 175 Å². The van der Waals surface area contributed by atoms with Crippen molar-refractivity contribution in [3.8, 4) is 0 Å². The van der Waals surface area contributed by atoms with E-state index in [4.69, 9.17) is 0 Å². The standard InChI is InChI=1S/C45H33BN2Si/c1-45(2)32-20-9-10-24-36(32)47-38-26-15-27-39-42(38)46(34-22-13-21-33(45)43(34)47)35-23-14-29-41-44(35)48(39)37-25-11-12-28-40(37)49(41,30-16-5-3-6-17-30)31-18-7-4-8-19-31/h3-29H,1-2H3. The molecule has 0 spiro atoms. The minimum absolute atomic E-state index is 0.119. The molecule has 4 aliphatic heterocycles. The summed E-state index contributed by atoms with van der Waals surface area (Å²) in [6.07, 6.45) is 0. The summed E-state index contributed by atoms with van der Waals surface area (Å²) in [5, 5.41) is 5.75. The van der Waals surface area contributed by atoms with Crippen LogP contribution in [0.25, 0.3) is 0 Å².